The Bertz CT molecular complexity index is 769. The molecule has 7 heteroatoms. The lowest BCUT2D eigenvalue weighted by Gasteiger charge is -2.13. The van der Waals surface area contributed by atoms with Gasteiger partial charge in [-0.3, -0.25) is 9.59 Å². The maximum atomic E-state index is 12.4. The molecule has 1 aromatic carbocycles. The lowest BCUT2D eigenvalue weighted by Crippen LogP contribution is -2.34. The Kier molecular flexibility index (Phi) is 4.91. The molecule has 1 aliphatic rings. The molecule has 0 spiro atoms. The number of aromatic nitrogens is 1. The molecule has 3 rings (SSSR count). The molecule has 0 bridgehead atoms. The lowest BCUT2D eigenvalue weighted by molar-refractivity contribution is -0.143. The number of aryl methyl sites for hydroxylation is 1. The first-order valence-electron chi connectivity index (χ1n) is 7.65. The molecule has 2 aromatic rings. The van der Waals surface area contributed by atoms with Crippen LogP contribution in [-0.4, -0.2) is 28.5 Å². The number of nitrogens with zero attached hydrogens (tertiary/aromatic N) is 1. The summed E-state index contributed by atoms with van der Waals surface area (Å²) in [5.41, 5.74) is 0.826. The molecular formula is C17H18N2O3S2. The molecule has 0 unspecified atom stereocenters. The summed E-state index contributed by atoms with van der Waals surface area (Å²) in [4.78, 5) is 29.0. The number of hydrogen-bond donors (Lipinski definition) is 2. The van der Waals surface area contributed by atoms with Crippen LogP contribution < -0.4 is 5.32 Å². The van der Waals surface area contributed by atoms with Gasteiger partial charge >= 0.3 is 5.97 Å². The first-order chi connectivity index (χ1) is 11.5. The number of aliphatic carboxylic acids is 1. The quantitative estimate of drug-likeness (QED) is 0.739. The standard InChI is InChI=1S/C17H18N2O3S2/c1-11-19-12(8-23-11)9-24-14-5-3-2-4-13(14)15(20)18-10-17(6-7-17)16(21)22/h2-5,8H,6-7,9-10H2,1H3,(H,18,20)(H,21,22). The molecule has 1 aliphatic carbocycles. The maximum Gasteiger partial charge on any atom is 0.311 e. The highest BCUT2D eigenvalue weighted by atomic mass is 32.2. The van der Waals surface area contributed by atoms with E-state index in [9.17, 15) is 14.7 Å². The Labute approximate surface area is 148 Å². The summed E-state index contributed by atoms with van der Waals surface area (Å²) in [7, 11) is 0. The number of carbonyl (C=O) groups is 2. The van der Waals surface area contributed by atoms with E-state index >= 15 is 0 Å². The molecule has 0 atom stereocenters. The van der Waals surface area contributed by atoms with Crippen molar-refractivity contribution in [2.45, 2.75) is 30.4 Å². The minimum Gasteiger partial charge on any atom is -0.481 e. The predicted molar refractivity (Wildman–Crippen MR) is 94.5 cm³/mol. The van der Waals surface area contributed by atoms with Gasteiger partial charge in [0.25, 0.3) is 5.91 Å². The summed E-state index contributed by atoms with van der Waals surface area (Å²) < 4.78 is 0. The average Bonchev–Trinajstić information content (AvgIpc) is 3.27. The van der Waals surface area contributed by atoms with Gasteiger partial charge in [-0.2, -0.15) is 0 Å². The number of benzene rings is 1. The van der Waals surface area contributed by atoms with E-state index < -0.39 is 11.4 Å². The lowest BCUT2D eigenvalue weighted by atomic mass is 10.1. The average molecular weight is 362 g/mol. The van der Waals surface area contributed by atoms with Gasteiger partial charge in [0.05, 0.1) is 21.7 Å². The zero-order chi connectivity index (χ0) is 17.2. The van der Waals surface area contributed by atoms with Crippen LogP contribution in [-0.2, 0) is 10.5 Å². The van der Waals surface area contributed by atoms with Gasteiger partial charge in [0, 0.05) is 22.6 Å². The van der Waals surface area contributed by atoms with Gasteiger partial charge in [-0.1, -0.05) is 12.1 Å². The molecule has 126 valence electrons. The highest BCUT2D eigenvalue weighted by Gasteiger charge is 2.50. The Hall–Kier alpha value is -1.86. The van der Waals surface area contributed by atoms with Crippen molar-refractivity contribution in [1.29, 1.82) is 0 Å². The second-order valence-electron chi connectivity index (χ2n) is 5.91. The van der Waals surface area contributed by atoms with Crippen molar-refractivity contribution >= 4 is 35.0 Å². The number of hydrogen-bond acceptors (Lipinski definition) is 5. The van der Waals surface area contributed by atoms with E-state index in [1.807, 2.05) is 30.5 Å². The minimum absolute atomic E-state index is 0.186. The van der Waals surface area contributed by atoms with E-state index in [4.69, 9.17) is 0 Å². The molecule has 5 nitrogen and oxygen atoms in total. The largest absolute Gasteiger partial charge is 0.481 e. The van der Waals surface area contributed by atoms with Crippen LogP contribution in [0.15, 0.2) is 34.5 Å². The Balaban J connectivity index is 1.64. The zero-order valence-corrected chi connectivity index (χ0v) is 14.9. The number of thiazole rings is 1. The van der Waals surface area contributed by atoms with Gasteiger partial charge in [0.15, 0.2) is 0 Å². The van der Waals surface area contributed by atoms with E-state index in [-0.39, 0.29) is 12.5 Å². The second-order valence-corrected chi connectivity index (χ2v) is 7.99. The molecule has 24 heavy (non-hydrogen) atoms. The smallest absolute Gasteiger partial charge is 0.311 e. The summed E-state index contributed by atoms with van der Waals surface area (Å²) in [6, 6.07) is 7.38. The first-order valence-corrected chi connectivity index (χ1v) is 9.51. The fraction of sp³-hybridized carbons (Fsp3) is 0.353. The summed E-state index contributed by atoms with van der Waals surface area (Å²) in [5, 5.41) is 15.0. The maximum absolute atomic E-state index is 12.4. The molecular weight excluding hydrogens is 344 g/mol. The molecule has 0 aliphatic heterocycles. The van der Waals surface area contributed by atoms with Crippen LogP contribution in [0.25, 0.3) is 0 Å². The van der Waals surface area contributed by atoms with Crippen LogP contribution in [0.2, 0.25) is 0 Å². The van der Waals surface area contributed by atoms with E-state index in [2.05, 4.69) is 10.3 Å². The molecule has 1 saturated carbocycles. The zero-order valence-electron chi connectivity index (χ0n) is 13.2. The topological polar surface area (TPSA) is 79.3 Å². The van der Waals surface area contributed by atoms with Gasteiger partial charge in [-0.05, 0) is 31.9 Å². The number of carboxylic acids is 1. The van der Waals surface area contributed by atoms with Crippen molar-refractivity contribution in [2.75, 3.05) is 6.54 Å². The number of amides is 1. The SMILES string of the molecule is Cc1nc(CSc2ccccc2C(=O)NCC2(C(=O)O)CC2)cs1. The number of carboxylic acid groups (broad SMARTS) is 1. The van der Waals surface area contributed by atoms with E-state index in [1.54, 1.807) is 29.2 Å². The normalized spacial score (nSPS) is 15.0. The third-order valence-corrected chi connectivity index (χ3v) is 6.00. The Morgan fingerprint density at radius 3 is 2.75 bits per heavy atom. The van der Waals surface area contributed by atoms with E-state index in [1.165, 1.54) is 0 Å². The van der Waals surface area contributed by atoms with E-state index in [0.29, 0.717) is 24.2 Å². The van der Waals surface area contributed by atoms with Crippen LogP contribution >= 0.6 is 23.1 Å². The Morgan fingerprint density at radius 1 is 1.38 bits per heavy atom. The number of nitrogens with one attached hydrogen (secondary N) is 1. The van der Waals surface area contributed by atoms with Crippen molar-refractivity contribution in [2.24, 2.45) is 5.41 Å². The fourth-order valence-electron chi connectivity index (χ4n) is 2.37. The molecule has 1 fully saturated rings. The third kappa shape index (κ3) is 3.79. The summed E-state index contributed by atoms with van der Waals surface area (Å²) in [6.45, 7) is 2.15. The van der Waals surface area contributed by atoms with Crippen molar-refractivity contribution in [1.82, 2.24) is 10.3 Å². The van der Waals surface area contributed by atoms with E-state index in [0.717, 1.165) is 15.6 Å². The van der Waals surface area contributed by atoms with Gasteiger partial charge in [-0.25, -0.2) is 4.98 Å². The molecule has 1 aromatic heterocycles. The molecule has 2 N–H and O–H groups in total. The number of carbonyl (C=O) groups excluding carboxylic acids is 1. The van der Waals surface area contributed by atoms with Crippen LogP contribution in [0.5, 0.6) is 0 Å². The summed E-state index contributed by atoms with van der Waals surface area (Å²) >= 11 is 3.18. The summed E-state index contributed by atoms with van der Waals surface area (Å²) in [5.74, 6) is -0.349. The third-order valence-electron chi connectivity index (χ3n) is 4.07. The van der Waals surface area contributed by atoms with Gasteiger partial charge in [-0.15, -0.1) is 23.1 Å². The predicted octanol–water partition coefficient (Wildman–Crippen LogP) is 3.34. The van der Waals surface area contributed by atoms with Crippen LogP contribution in [0.4, 0.5) is 0 Å². The Morgan fingerprint density at radius 2 is 2.12 bits per heavy atom. The van der Waals surface area contributed by atoms with Crippen LogP contribution in [0.3, 0.4) is 0 Å². The second kappa shape index (κ2) is 6.94. The number of thioether (sulfide) groups is 1. The fourth-order valence-corrected chi connectivity index (χ4v) is 4.03. The highest BCUT2D eigenvalue weighted by Crippen LogP contribution is 2.45. The minimum atomic E-state index is -0.829. The molecule has 0 saturated heterocycles. The molecule has 1 amide bonds. The van der Waals surface area contributed by atoms with Crippen molar-refractivity contribution < 1.29 is 14.7 Å². The van der Waals surface area contributed by atoms with Crippen molar-refractivity contribution in [3.05, 3.63) is 45.9 Å². The van der Waals surface area contributed by atoms with Crippen LogP contribution in [0, 0.1) is 12.3 Å². The monoisotopic (exact) mass is 362 g/mol. The van der Waals surface area contributed by atoms with Crippen LogP contribution in [0.1, 0.15) is 33.9 Å². The van der Waals surface area contributed by atoms with Gasteiger partial charge < -0.3 is 10.4 Å². The summed E-state index contributed by atoms with van der Waals surface area (Å²) in [6.07, 6.45) is 1.25. The highest BCUT2D eigenvalue weighted by molar-refractivity contribution is 7.98. The van der Waals surface area contributed by atoms with Crippen molar-refractivity contribution in [3.63, 3.8) is 0 Å². The first kappa shape index (κ1) is 17.0. The molecule has 0 radical (unpaired) electrons. The van der Waals surface area contributed by atoms with Gasteiger partial charge in [0.2, 0.25) is 0 Å². The molecule has 1 heterocycles. The number of rotatable bonds is 7. The van der Waals surface area contributed by atoms with Crippen molar-refractivity contribution in [3.8, 4) is 0 Å². The van der Waals surface area contributed by atoms with Gasteiger partial charge in [0.1, 0.15) is 0 Å².